The molecule has 0 saturated heterocycles. The second kappa shape index (κ2) is 6.45. The smallest absolute Gasteiger partial charge is 0.408 e. The van der Waals surface area contributed by atoms with Crippen LogP contribution in [0.5, 0.6) is 0 Å². The molecule has 0 fully saturated rings. The van der Waals surface area contributed by atoms with Gasteiger partial charge in [-0.15, -0.1) is 6.58 Å². The molecule has 2 N–H and O–H groups in total. The van der Waals surface area contributed by atoms with Crippen LogP contribution < -0.4 is 16.4 Å². The van der Waals surface area contributed by atoms with Crippen molar-refractivity contribution in [3.63, 3.8) is 0 Å². The Balaban J connectivity index is 1.79. The van der Waals surface area contributed by atoms with Gasteiger partial charge in [-0.2, -0.15) is 0 Å². The fourth-order valence-corrected chi connectivity index (χ4v) is 2.46. The number of anilines is 2. The summed E-state index contributed by atoms with van der Waals surface area (Å²) in [5, 5.41) is 5.48. The van der Waals surface area contributed by atoms with E-state index in [1.54, 1.807) is 24.3 Å². The molecule has 1 heterocycles. The van der Waals surface area contributed by atoms with Crippen LogP contribution in [0, 0.1) is 6.92 Å². The normalized spacial score (nSPS) is 10.5. The van der Waals surface area contributed by atoms with Crippen molar-refractivity contribution in [1.82, 2.24) is 4.57 Å². The number of aromatic nitrogens is 1. The number of fused-ring (bicyclic) bond motifs is 1. The van der Waals surface area contributed by atoms with E-state index < -0.39 is 5.76 Å². The molecule has 2 amide bonds. The van der Waals surface area contributed by atoms with Gasteiger partial charge >= 0.3 is 11.8 Å². The lowest BCUT2D eigenvalue weighted by Gasteiger charge is -2.08. The Labute approximate surface area is 138 Å². The van der Waals surface area contributed by atoms with E-state index in [1.165, 1.54) is 4.57 Å². The van der Waals surface area contributed by atoms with Gasteiger partial charge in [0.25, 0.3) is 0 Å². The first-order valence-corrected chi connectivity index (χ1v) is 7.46. The van der Waals surface area contributed by atoms with E-state index in [0.29, 0.717) is 29.0 Å². The molecule has 6 heteroatoms. The Morgan fingerprint density at radius 2 is 1.96 bits per heavy atom. The number of oxazole rings is 1. The van der Waals surface area contributed by atoms with Gasteiger partial charge in [0.05, 0.1) is 5.52 Å². The minimum atomic E-state index is -0.453. The molecule has 3 rings (SSSR count). The maximum Gasteiger partial charge on any atom is 0.420 e. The van der Waals surface area contributed by atoms with Crippen molar-refractivity contribution in [2.75, 3.05) is 10.6 Å². The van der Waals surface area contributed by atoms with Gasteiger partial charge in [-0.1, -0.05) is 18.2 Å². The molecule has 0 bridgehead atoms. The molecule has 0 aliphatic rings. The highest BCUT2D eigenvalue weighted by atomic mass is 16.4. The van der Waals surface area contributed by atoms with Gasteiger partial charge in [0.2, 0.25) is 0 Å². The van der Waals surface area contributed by atoms with Gasteiger partial charge in [0.15, 0.2) is 5.58 Å². The van der Waals surface area contributed by atoms with Crippen LogP contribution in [0.2, 0.25) is 0 Å². The zero-order valence-corrected chi connectivity index (χ0v) is 13.2. The van der Waals surface area contributed by atoms with Crippen LogP contribution >= 0.6 is 0 Å². The van der Waals surface area contributed by atoms with Crippen LogP contribution in [0.25, 0.3) is 11.1 Å². The van der Waals surface area contributed by atoms with Gasteiger partial charge in [-0.05, 0) is 36.8 Å². The van der Waals surface area contributed by atoms with E-state index in [0.717, 1.165) is 5.56 Å². The Hall–Kier alpha value is -3.28. The van der Waals surface area contributed by atoms with Gasteiger partial charge in [-0.25, -0.2) is 9.59 Å². The van der Waals surface area contributed by atoms with Crippen molar-refractivity contribution in [2.45, 2.75) is 13.5 Å². The SMILES string of the molecule is C=CCn1c(=O)oc2cc(NC(=O)Nc3cccc(C)c3)ccc21. The minimum Gasteiger partial charge on any atom is -0.408 e. The molecule has 24 heavy (non-hydrogen) atoms. The average Bonchev–Trinajstić information content (AvgIpc) is 2.83. The lowest BCUT2D eigenvalue weighted by molar-refractivity contribution is 0.262. The highest BCUT2D eigenvalue weighted by Crippen LogP contribution is 2.19. The summed E-state index contributed by atoms with van der Waals surface area (Å²) >= 11 is 0. The lowest BCUT2D eigenvalue weighted by atomic mass is 10.2. The summed E-state index contributed by atoms with van der Waals surface area (Å²) in [5.74, 6) is -0.453. The number of nitrogens with zero attached hydrogens (tertiary/aromatic N) is 1. The number of aryl methyl sites for hydroxylation is 1. The lowest BCUT2D eigenvalue weighted by Crippen LogP contribution is -2.19. The van der Waals surface area contributed by atoms with Crippen LogP contribution in [0.3, 0.4) is 0 Å². The molecule has 0 radical (unpaired) electrons. The molecule has 3 aromatic rings. The van der Waals surface area contributed by atoms with E-state index in [4.69, 9.17) is 4.42 Å². The van der Waals surface area contributed by atoms with Gasteiger partial charge in [0, 0.05) is 24.0 Å². The standard InChI is InChI=1S/C18H17N3O3/c1-3-9-21-15-8-7-14(11-16(15)24-18(21)23)20-17(22)19-13-6-4-5-12(2)10-13/h3-8,10-11H,1,9H2,2H3,(H2,19,20,22). The Morgan fingerprint density at radius 3 is 2.67 bits per heavy atom. The summed E-state index contributed by atoms with van der Waals surface area (Å²) in [4.78, 5) is 23.9. The predicted octanol–water partition coefficient (Wildman–Crippen LogP) is 3.73. The van der Waals surface area contributed by atoms with E-state index in [9.17, 15) is 9.59 Å². The Bertz CT molecular complexity index is 969. The van der Waals surface area contributed by atoms with Gasteiger partial charge in [0.1, 0.15) is 0 Å². The van der Waals surface area contributed by atoms with E-state index in [2.05, 4.69) is 17.2 Å². The Morgan fingerprint density at radius 1 is 1.21 bits per heavy atom. The minimum absolute atomic E-state index is 0.368. The predicted molar refractivity (Wildman–Crippen MR) is 94.5 cm³/mol. The second-order valence-electron chi connectivity index (χ2n) is 5.40. The summed E-state index contributed by atoms with van der Waals surface area (Å²) in [5.41, 5.74) is 3.36. The van der Waals surface area contributed by atoms with Crippen LogP contribution in [0.4, 0.5) is 16.2 Å². The van der Waals surface area contributed by atoms with E-state index in [-0.39, 0.29) is 6.03 Å². The molecular formula is C18H17N3O3. The van der Waals surface area contributed by atoms with E-state index >= 15 is 0 Å². The highest BCUT2D eigenvalue weighted by molar-refractivity contribution is 6.00. The number of hydrogen-bond donors (Lipinski definition) is 2. The number of rotatable bonds is 4. The summed E-state index contributed by atoms with van der Waals surface area (Å²) in [7, 11) is 0. The van der Waals surface area contributed by atoms with Crippen LogP contribution in [0.15, 0.2) is 64.3 Å². The molecular weight excluding hydrogens is 306 g/mol. The van der Waals surface area contributed by atoms with E-state index in [1.807, 2.05) is 31.2 Å². The van der Waals surface area contributed by atoms with Crippen LogP contribution in [-0.2, 0) is 6.54 Å². The zero-order chi connectivity index (χ0) is 17.1. The van der Waals surface area contributed by atoms with Crippen molar-refractivity contribution in [3.05, 3.63) is 71.2 Å². The summed E-state index contributed by atoms with van der Waals surface area (Å²) in [6.45, 7) is 5.94. The van der Waals surface area contributed by atoms with Crippen LogP contribution in [-0.4, -0.2) is 10.6 Å². The average molecular weight is 323 g/mol. The molecule has 122 valence electrons. The number of carbonyl (C=O) groups is 1. The third kappa shape index (κ3) is 3.22. The molecule has 0 aliphatic heterocycles. The summed E-state index contributed by atoms with van der Waals surface area (Å²) in [6, 6.07) is 12.2. The van der Waals surface area contributed by atoms with Gasteiger partial charge < -0.3 is 15.1 Å². The third-order valence-corrected chi connectivity index (χ3v) is 3.51. The number of urea groups is 1. The van der Waals surface area contributed by atoms with Crippen molar-refractivity contribution in [3.8, 4) is 0 Å². The summed E-state index contributed by atoms with van der Waals surface area (Å²) < 4.78 is 6.67. The number of hydrogen-bond acceptors (Lipinski definition) is 3. The van der Waals surface area contributed by atoms with Gasteiger partial charge in [-0.3, -0.25) is 4.57 Å². The maximum absolute atomic E-state index is 12.1. The first-order chi connectivity index (χ1) is 11.6. The third-order valence-electron chi connectivity index (χ3n) is 3.51. The van der Waals surface area contributed by atoms with Crippen molar-refractivity contribution < 1.29 is 9.21 Å². The molecule has 0 saturated carbocycles. The first-order valence-electron chi connectivity index (χ1n) is 7.46. The zero-order valence-electron chi connectivity index (χ0n) is 13.2. The van der Waals surface area contributed by atoms with Crippen LogP contribution in [0.1, 0.15) is 5.56 Å². The molecule has 1 aromatic heterocycles. The largest absolute Gasteiger partial charge is 0.420 e. The quantitative estimate of drug-likeness (QED) is 0.718. The molecule has 6 nitrogen and oxygen atoms in total. The topological polar surface area (TPSA) is 76.3 Å². The fraction of sp³-hybridized carbons (Fsp3) is 0.111. The molecule has 2 aromatic carbocycles. The van der Waals surface area contributed by atoms with Crippen molar-refractivity contribution in [2.24, 2.45) is 0 Å². The number of carbonyl (C=O) groups excluding carboxylic acids is 1. The molecule has 0 aliphatic carbocycles. The van der Waals surface area contributed by atoms with Crippen molar-refractivity contribution >= 4 is 28.5 Å². The summed E-state index contributed by atoms with van der Waals surface area (Å²) in [6.07, 6.45) is 1.62. The van der Waals surface area contributed by atoms with Crippen molar-refractivity contribution in [1.29, 1.82) is 0 Å². The molecule has 0 unspecified atom stereocenters. The number of allylic oxidation sites excluding steroid dienone is 1. The first kappa shape index (κ1) is 15.6. The molecule has 0 spiro atoms. The Kier molecular flexibility index (Phi) is 4.20. The number of nitrogens with one attached hydrogen (secondary N) is 2. The molecule has 0 atom stereocenters. The number of amides is 2. The number of benzene rings is 2. The second-order valence-corrected chi connectivity index (χ2v) is 5.40. The highest BCUT2D eigenvalue weighted by Gasteiger charge is 2.10. The maximum atomic E-state index is 12.1. The fourth-order valence-electron chi connectivity index (χ4n) is 2.46. The monoisotopic (exact) mass is 323 g/mol.